The molecular weight excluding hydrogens is 323 g/mol. The minimum atomic E-state index is -0.602. The van der Waals surface area contributed by atoms with Crippen molar-refractivity contribution in [1.82, 2.24) is 14.6 Å². The van der Waals surface area contributed by atoms with Crippen LogP contribution in [0, 0.1) is 5.82 Å². The zero-order valence-electron chi connectivity index (χ0n) is 14.3. The second kappa shape index (κ2) is 6.38. The summed E-state index contributed by atoms with van der Waals surface area (Å²) in [7, 11) is 0. The van der Waals surface area contributed by atoms with E-state index in [1.54, 1.807) is 10.6 Å². The molecule has 1 aliphatic heterocycles. The Kier molecular flexibility index (Phi) is 4.21. The van der Waals surface area contributed by atoms with Gasteiger partial charge in [0.25, 0.3) is 0 Å². The average molecular weight is 346 g/mol. The molecule has 0 radical (unpaired) electrons. The number of nitrogens with one attached hydrogen (secondary N) is 1. The molecule has 0 bridgehead atoms. The summed E-state index contributed by atoms with van der Waals surface area (Å²) in [6.07, 6.45) is 8.58. The van der Waals surface area contributed by atoms with Gasteiger partial charge < -0.3 is 15.2 Å². The van der Waals surface area contributed by atoms with Crippen LogP contribution in [-0.4, -0.2) is 45.1 Å². The molecule has 7 heteroatoms. The lowest BCUT2D eigenvalue weighted by Crippen LogP contribution is -2.42. The predicted octanol–water partition coefficient (Wildman–Crippen LogP) is 2.43. The SMILES string of the molecule is CCC1(c2cc(F)c3cnc(NC4CCOCC4O)nn23)CC=CC1. The standard InChI is InChI=1S/C18H23FN4O2/c1-2-18(6-3-4-7-18)16-9-12(19)14-10-20-17(22-23(14)16)21-13-5-8-25-11-15(13)24/h3-4,9-10,13,15,24H,2,5-8,11H2,1H3,(H,21,22). The van der Waals surface area contributed by atoms with E-state index in [4.69, 9.17) is 4.74 Å². The van der Waals surface area contributed by atoms with Crippen LogP contribution in [-0.2, 0) is 10.2 Å². The molecule has 1 fully saturated rings. The molecule has 0 amide bonds. The number of allylic oxidation sites excluding steroid dienone is 2. The minimum absolute atomic E-state index is 0.114. The highest BCUT2D eigenvalue weighted by atomic mass is 19.1. The van der Waals surface area contributed by atoms with Crippen molar-refractivity contribution < 1.29 is 14.2 Å². The molecule has 6 nitrogen and oxygen atoms in total. The molecule has 0 aromatic carbocycles. The van der Waals surface area contributed by atoms with Gasteiger partial charge in [-0.3, -0.25) is 0 Å². The van der Waals surface area contributed by atoms with Crippen LogP contribution in [0.5, 0.6) is 0 Å². The lowest BCUT2D eigenvalue weighted by atomic mass is 9.79. The number of hydrogen-bond donors (Lipinski definition) is 2. The van der Waals surface area contributed by atoms with E-state index in [9.17, 15) is 9.50 Å². The van der Waals surface area contributed by atoms with Crippen molar-refractivity contribution in [2.75, 3.05) is 18.5 Å². The minimum Gasteiger partial charge on any atom is -0.389 e. The molecule has 2 unspecified atom stereocenters. The summed E-state index contributed by atoms with van der Waals surface area (Å²) < 4.78 is 21.3. The summed E-state index contributed by atoms with van der Waals surface area (Å²) in [4.78, 5) is 4.23. The molecule has 1 saturated heterocycles. The molecule has 2 atom stereocenters. The van der Waals surface area contributed by atoms with E-state index in [-0.39, 0.29) is 17.3 Å². The Morgan fingerprint density at radius 1 is 1.44 bits per heavy atom. The normalized spacial score (nSPS) is 25.6. The van der Waals surface area contributed by atoms with E-state index in [0.717, 1.165) is 25.0 Å². The van der Waals surface area contributed by atoms with E-state index in [2.05, 4.69) is 34.5 Å². The first kappa shape index (κ1) is 16.5. The number of hydrogen-bond acceptors (Lipinski definition) is 5. The third kappa shape index (κ3) is 2.81. The zero-order chi connectivity index (χ0) is 17.4. The van der Waals surface area contributed by atoms with Gasteiger partial charge >= 0.3 is 0 Å². The molecule has 134 valence electrons. The highest BCUT2D eigenvalue weighted by molar-refractivity contribution is 5.51. The van der Waals surface area contributed by atoms with Crippen molar-refractivity contribution in [1.29, 1.82) is 0 Å². The smallest absolute Gasteiger partial charge is 0.241 e. The van der Waals surface area contributed by atoms with Gasteiger partial charge in [-0.1, -0.05) is 19.1 Å². The van der Waals surface area contributed by atoms with Crippen molar-refractivity contribution in [2.45, 2.75) is 50.2 Å². The van der Waals surface area contributed by atoms with E-state index in [0.29, 0.717) is 31.1 Å². The van der Waals surface area contributed by atoms with E-state index in [1.165, 1.54) is 6.20 Å². The number of aliphatic hydroxyl groups excluding tert-OH is 1. The van der Waals surface area contributed by atoms with Crippen LogP contribution in [0.1, 0.15) is 38.3 Å². The number of nitrogens with zero attached hydrogens (tertiary/aromatic N) is 3. The van der Waals surface area contributed by atoms with E-state index >= 15 is 0 Å². The van der Waals surface area contributed by atoms with Crippen LogP contribution in [0.2, 0.25) is 0 Å². The van der Waals surface area contributed by atoms with E-state index in [1.807, 2.05) is 0 Å². The molecule has 1 aliphatic carbocycles. The van der Waals surface area contributed by atoms with Gasteiger partial charge in [0.15, 0.2) is 5.82 Å². The Morgan fingerprint density at radius 2 is 2.24 bits per heavy atom. The Bertz CT molecular complexity index is 796. The zero-order valence-corrected chi connectivity index (χ0v) is 14.3. The fraction of sp³-hybridized carbons (Fsp3) is 0.556. The first-order valence-electron chi connectivity index (χ1n) is 8.85. The molecular formula is C18H23FN4O2. The summed E-state index contributed by atoms with van der Waals surface area (Å²) >= 11 is 0. The summed E-state index contributed by atoms with van der Waals surface area (Å²) in [6, 6.07) is 1.43. The summed E-state index contributed by atoms with van der Waals surface area (Å²) in [5, 5.41) is 17.7. The number of aliphatic hydroxyl groups is 1. The third-order valence-corrected chi connectivity index (χ3v) is 5.51. The molecule has 2 N–H and O–H groups in total. The number of halogens is 1. The van der Waals surface area contributed by atoms with Crippen LogP contribution >= 0.6 is 0 Å². The maximum Gasteiger partial charge on any atom is 0.241 e. The summed E-state index contributed by atoms with van der Waals surface area (Å²) in [5.41, 5.74) is 1.15. The molecule has 2 aliphatic rings. The van der Waals surface area contributed by atoms with Gasteiger partial charge in [-0.2, -0.15) is 0 Å². The van der Waals surface area contributed by atoms with Crippen molar-refractivity contribution >= 4 is 11.5 Å². The topological polar surface area (TPSA) is 71.7 Å². The van der Waals surface area contributed by atoms with Crippen molar-refractivity contribution in [3.8, 4) is 0 Å². The van der Waals surface area contributed by atoms with Gasteiger partial charge in [0.1, 0.15) is 5.52 Å². The molecule has 4 rings (SSSR count). The second-order valence-corrected chi connectivity index (χ2v) is 6.95. The van der Waals surface area contributed by atoms with Crippen LogP contribution in [0.4, 0.5) is 10.3 Å². The molecule has 2 aromatic heterocycles. The third-order valence-electron chi connectivity index (χ3n) is 5.51. The van der Waals surface area contributed by atoms with Crippen molar-refractivity contribution in [3.05, 3.63) is 35.9 Å². The van der Waals surface area contributed by atoms with Gasteiger partial charge in [0.05, 0.1) is 30.6 Å². The van der Waals surface area contributed by atoms with E-state index < -0.39 is 6.10 Å². The van der Waals surface area contributed by atoms with Crippen LogP contribution in [0.15, 0.2) is 24.4 Å². The van der Waals surface area contributed by atoms with Gasteiger partial charge in [-0.25, -0.2) is 13.9 Å². The van der Waals surface area contributed by atoms with Crippen molar-refractivity contribution in [2.24, 2.45) is 0 Å². The summed E-state index contributed by atoms with van der Waals surface area (Å²) in [5.74, 6) is 0.0971. The first-order chi connectivity index (χ1) is 12.1. The van der Waals surface area contributed by atoms with Crippen molar-refractivity contribution in [3.63, 3.8) is 0 Å². The molecule has 2 aromatic rings. The fourth-order valence-corrected chi connectivity index (χ4v) is 3.83. The van der Waals surface area contributed by atoms with Crippen LogP contribution in [0.3, 0.4) is 0 Å². The van der Waals surface area contributed by atoms with Crippen LogP contribution < -0.4 is 5.32 Å². The highest BCUT2D eigenvalue weighted by Gasteiger charge is 2.35. The largest absolute Gasteiger partial charge is 0.389 e. The van der Waals surface area contributed by atoms with Crippen LogP contribution in [0.25, 0.3) is 5.52 Å². The highest BCUT2D eigenvalue weighted by Crippen LogP contribution is 2.41. The molecule has 25 heavy (non-hydrogen) atoms. The predicted molar refractivity (Wildman–Crippen MR) is 92.1 cm³/mol. The lowest BCUT2D eigenvalue weighted by molar-refractivity contribution is -0.0136. The van der Waals surface area contributed by atoms with Gasteiger partial charge in [-0.15, -0.1) is 5.10 Å². The quantitative estimate of drug-likeness (QED) is 0.832. The Balaban J connectivity index is 1.70. The summed E-state index contributed by atoms with van der Waals surface area (Å²) in [6.45, 7) is 3.02. The number of anilines is 1. The maximum absolute atomic E-state index is 14.4. The Hall–Kier alpha value is -1.99. The number of fused-ring (bicyclic) bond motifs is 1. The second-order valence-electron chi connectivity index (χ2n) is 6.95. The number of rotatable bonds is 4. The maximum atomic E-state index is 14.4. The van der Waals surface area contributed by atoms with Gasteiger partial charge in [0, 0.05) is 12.0 Å². The van der Waals surface area contributed by atoms with Gasteiger partial charge in [-0.05, 0) is 31.7 Å². The number of aromatic nitrogens is 3. The lowest BCUT2D eigenvalue weighted by Gasteiger charge is -2.29. The molecule has 0 spiro atoms. The monoisotopic (exact) mass is 346 g/mol. The number of ether oxygens (including phenoxy) is 1. The Morgan fingerprint density at radius 3 is 2.96 bits per heavy atom. The molecule has 0 saturated carbocycles. The molecule has 3 heterocycles. The fourth-order valence-electron chi connectivity index (χ4n) is 3.83. The Labute approximate surface area is 145 Å². The van der Waals surface area contributed by atoms with Gasteiger partial charge in [0.2, 0.25) is 5.95 Å². The first-order valence-corrected chi connectivity index (χ1v) is 8.85. The average Bonchev–Trinajstić information content (AvgIpc) is 3.23.